The summed E-state index contributed by atoms with van der Waals surface area (Å²) in [6, 6.07) is 11.0. The molecule has 0 saturated carbocycles. The Hall–Kier alpha value is -2.57. The number of benzene rings is 2. The Balaban J connectivity index is 1.70. The number of hydrogen-bond acceptors (Lipinski definition) is 5. The third kappa shape index (κ3) is 6.66. The summed E-state index contributed by atoms with van der Waals surface area (Å²) >= 11 is 0. The first kappa shape index (κ1) is 29.0. The van der Waals surface area contributed by atoms with Crippen LogP contribution in [0.1, 0.15) is 109 Å². The monoisotopic (exact) mass is 510 g/mol. The highest BCUT2D eigenvalue weighted by atomic mass is 16.5. The minimum Gasteiger partial charge on any atom is -0.507 e. The topological polar surface area (TPSA) is 78.9 Å². The van der Waals surface area contributed by atoms with Crippen molar-refractivity contribution in [3.05, 3.63) is 58.7 Å². The van der Waals surface area contributed by atoms with E-state index in [4.69, 9.17) is 9.47 Å². The lowest BCUT2D eigenvalue weighted by molar-refractivity contribution is -0.298. The Morgan fingerprint density at radius 3 is 1.81 bits per heavy atom. The van der Waals surface area contributed by atoms with Gasteiger partial charge >= 0.3 is 5.97 Å². The molecule has 203 valence electrons. The molecule has 0 amide bonds. The molecular formula is C31H44NO5. The maximum atomic E-state index is 12.8. The van der Waals surface area contributed by atoms with Crippen molar-refractivity contribution in [3.8, 4) is 11.5 Å². The number of piperidine rings is 1. The normalized spacial score (nSPS) is 18.5. The summed E-state index contributed by atoms with van der Waals surface area (Å²) < 4.78 is 11.9. The third-order valence-electron chi connectivity index (χ3n) is 7.12. The third-order valence-corrected chi connectivity index (χ3v) is 7.12. The predicted octanol–water partition coefficient (Wildman–Crippen LogP) is 7.09. The number of esters is 1. The van der Waals surface area contributed by atoms with Gasteiger partial charge in [0.2, 0.25) is 0 Å². The standard InChI is InChI=1S/C31H44NO5/c1-28(2,3)24-15-22(16-25(26(24)33)29(4,5)6)36-19-20-11-13-21(14-12-20)27(34)37-23-17-30(7,8)32(35)31(9,10)18-23/h11-16,23,33H,17-19H2,1-10H3. The molecule has 1 N–H and O–H groups in total. The van der Waals surface area contributed by atoms with Crippen molar-refractivity contribution in [1.29, 1.82) is 0 Å². The van der Waals surface area contributed by atoms with Gasteiger partial charge in [0.1, 0.15) is 24.2 Å². The lowest BCUT2D eigenvalue weighted by Gasteiger charge is -2.49. The fraction of sp³-hybridized carbons (Fsp3) is 0.581. The van der Waals surface area contributed by atoms with Crippen LogP contribution < -0.4 is 4.74 Å². The van der Waals surface area contributed by atoms with Gasteiger partial charge in [-0.15, -0.1) is 10.3 Å². The summed E-state index contributed by atoms with van der Waals surface area (Å²) in [5.74, 6) is 0.639. The molecule has 0 atom stereocenters. The van der Waals surface area contributed by atoms with Gasteiger partial charge in [0.25, 0.3) is 0 Å². The van der Waals surface area contributed by atoms with Gasteiger partial charge in [-0.25, -0.2) is 4.79 Å². The number of hydroxylamine groups is 2. The highest BCUT2D eigenvalue weighted by Gasteiger charge is 2.47. The molecule has 1 fully saturated rings. The van der Waals surface area contributed by atoms with Crippen molar-refractivity contribution in [2.24, 2.45) is 0 Å². The number of rotatable bonds is 5. The number of carbonyl (C=O) groups excluding carboxylic acids is 1. The highest BCUT2D eigenvalue weighted by Crippen LogP contribution is 2.42. The molecule has 1 saturated heterocycles. The highest BCUT2D eigenvalue weighted by molar-refractivity contribution is 5.89. The van der Waals surface area contributed by atoms with Crippen molar-refractivity contribution in [2.45, 2.75) is 117 Å². The second-order valence-electron chi connectivity index (χ2n) is 13.7. The molecule has 0 spiro atoms. The first-order valence-corrected chi connectivity index (χ1v) is 13.1. The van der Waals surface area contributed by atoms with Crippen LogP contribution in [0.3, 0.4) is 0 Å². The van der Waals surface area contributed by atoms with Gasteiger partial charge in [0, 0.05) is 35.0 Å². The molecule has 2 aromatic carbocycles. The molecule has 0 aromatic heterocycles. The van der Waals surface area contributed by atoms with Gasteiger partial charge in [-0.1, -0.05) is 53.7 Å². The molecular weight excluding hydrogens is 466 g/mol. The van der Waals surface area contributed by atoms with Crippen LogP contribution in [-0.4, -0.2) is 33.3 Å². The number of phenolic OH excluding ortho intramolecular Hbond substituents is 1. The van der Waals surface area contributed by atoms with Crippen LogP contribution in [0.25, 0.3) is 0 Å². The minimum absolute atomic E-state index is 0.236. The molecule has 2 aromatic rings. The molecule has 37 heavy (non-hydrogen) atoms. The fourth-order valence-corrected chi connectivity index (χ4v) is 5.21. The van der Waals surface area contributed by atoms with Crippen molar-refractivity contribution in [2.75, 3.05) is 0 Å². The van der Waals surface area contributed by atoms with E-state index in [-0.39, 0.29) is 22.9 Å². The number of ether oxygens (including phenoxy) is 2. The summed E-state index contributed by atoms with van der Waals surface area (Å²) in [6.07, 6.45) is 0.684. The molecule has 1 aliphatic rings. The summed E-state index contributed by atoms with van der Waals surface area (Å²) in [4.78, 5) is 12.8. The lowest BCUT2D eigenvalue weighted by Crippen LogP contribution is -2.60. The average Bonchev–Trinajstić information content (AvgIpc) is 2.75. The van der Waals surface area contributed by atoms with Crippen LogP contribution >= 0.6 is 0 Å². The zero-order chi connectivity index (χ0) is 28.0. The maximum absolute atomic E-state index is 12.8. The van der Waals surface area contributed by atoms with Gasteiger partial charge in [-0.3, -0.25) is 0 Å². The van der Waals surface area contributed by atoms with Gasteiger partial charge < -0.3 is 14.6 Å². The van der Waals surface area contributed by atoms with Crippen LogP contribution in [0.4, 0.5) is 0 Å². The Morgan fingerprint density at radius 1 is 0.919 bits per heavy atom. The number of carbonyl (C=O) groups is 1. The Labute approximate surface area is 222 Å². The first-order chi connectivity index (χ1) is 16.8. The molecule has 1 radical (unpaired) electrons. The zero-order valence-electron chi connectivity index (χ0n) is 24.2. The molecule has 0 bridgehead atoms. The van der Waals surface area contributed by atoms with Crippen molar-refractivity contribution >= 4 is 5.97 Å². The molecule has 6 nitrogen and oxygen atoms in total. The zero-order valence-corrected chi connectivity index (χ0v) is 24.2. The average molecular weight is 511 g/mol. The molecule has 3 rings (SSSR count). The van der Waals surface area contributed by atoms with E-state index >= 15 is 0 Å². The van der Waals surface area contributed by atoms with E-state index in [0.29, 0.717) is 36.5 Å². The Kier molecular flexibility index (Phi) is 7.80. The van der Waals surface area contributed by atoms with Crippen LogP contribution in [0.15, 0.2) is 36.4 Å². The summed E-state index contributed by atoms with van der Waals surface area (Å²) in [7, 11) is 0. The number of aromatic hydroxyl groups is 1. The smallest absolute Gasteiger partial charge is 0.338 e. The summed E-state index contributed by atoms with van der Waals surface area (Å²) in [5.41, 5.74) is 1.42. The second-order valence-corrected chi connectivity index (χ2v) is 13.7. The van der Waals surface area contributed by atoms with Crippen LogP contribution in [-0.2, 0) is 27.4 Å². The van der Waals surface area contributed by atoms with Crippen molar-refractivity contribution in [1.82, 2.24) is 5.06 Å². The largest absolute Gasteiger partial charge is 0.507 e. The summed E-state index contributed by atoms with van der Waals surface area (Å²) in [6.45, 7) is 20.3. The summed E-state index contributed by atoms with van der Waals surface area (Å²) in [5, 5.41) is 24.6. The van der Waals surface area contributed by atoms with Crippen LogP contribution in [0.5, 0.6) is 11.5 Å². The lowest BCUT2D eigenvalue weighted by atomic mass is 9.79. The molecule has 0 aliphatic carbocycles. The number of nitrogens with zero attached hydrogens (tertiary/aromatic N) is 1. The molecule has 6 heteroatoms. The van der Waals surface area contributed by atoms with Crippen molar-refractivity contribution in [3.63, 3.8) is 0 Å². The maximum Gasteiger partial charge on any atom is 0.338 e. The molecule has 0 unspecified atom stereocenters. The Bertz CT molecular complexity index is 1070. The number of phenols is 1. The van der Waals surface area contributed by atoms with Crippen LogP contribution in [0.2, 0.25) is 0 Å². The van der Waals surface area contributed by atoms with E-state index in [9.17, 15) is 15.1 Å². The number of hydrogen-bond donors (Lipinski definition) is 1. The predicted molar refractivity (Wildman–Crippen MR) is 145 cm³/mol. The van der Waals surface area contributed by atoms with Gasteiger partial charge in [-0.2, -0.15) is 0 Å². The van der Waals surface area contributed by atoms with Crippen LogP contribution in [0, 0.1) is 0 Å². The van der Waals surface area contributed by atoms with Gasteiger partial charge in [-0.05, 0) is 68.4 Å². The van der Waals surface area contributed by atoms with Gasteiger partial charge in [0.05, 0.1) is 5.56 Å². The Morgan fingerprint density at radius 2 is 1.38 bits per heavy atom. The van der Waals surface area contributed by atoms with Crippen molar-refractivity contribution < 1.29 is 24.6 Å². The molecule has 1 aliphatic heterocycles. The van der Waals surface area contributed by atoms with E-state index in [1.165, 1.54) is 0 Å². The minimum atomic E-state index is -0.595. The first-order valence-electron chi connectivity index (χ1n) is 13.1. The van der Waals surface area contributed by atoms with E-state index < -0.39 is 11.1 Å². The van der Waals surface area contributed by atoms with E-state index in [2.05, 4.69) is 41.5 Å². The fourth-order valence-electron chi connectivity index (χ4n) is 5.21. The van der Waals surface area contributed by atoms with E-state index in [0.717, 1.165) is 21.8 Å². The second kappa shape index (κ2) is 9.95. The van der Waals surface area contributed by atoms with E-state index in [1.807, 2.05) is 52.0 Å². The SMILES string of the molecule is CC(C)(C)c1cc(OCc2ccc(C(=O)OC3CC(C)(C)N([O])C(C)(C)C3)cc2)cc(C(C)(C)C)c1O. The van der Waals surface area contributed by atoms with Gasteiger partial charge in [0.15, 0.2) is 0 Å². The molecule has 1 heterocycles. The quantitative estimate of drug-likeness (QED) is 0.434. The van der Waals surface area contributed by atoms with E-state index in [1.54, 1.807) is 12.1 Å².